The molecule has 0 saturated carbocycles. The number of rotatable bonds is 74. The Labute approximate surface area is 581 Å². The van der Waals surface area contributed by atoms with Gasteiger partial charge in [-0.3, -0.25) is 37.3 Å². The van der Waals surface area contributed by atoms with E-state index < -0.39 is 97.5 Å². The number of unbranched alkanes of at least 4 members (excludes halogenated alkanes) is 41. The molecule has 0 aromatic heterocycles. The summed E-state index contributed by atoms with van der Waals surface area (Å²) in [5, 5.41) is 10.6. The lowest BCUT2D eigenvalue weighted by atomic mass is 9.99. The molecule has 0 rings (SSSR count). The van der Waals surface area contributed by atoms with Crippen LogP contribution < -0.4 is 0 Å². The molecular formula is C76H148O17P2. The van der Waals surface area contributed by atoms with E-state index >= 15 is 0 Å². The third-order valence-corrected chi connectivity index (χ3v) is 19.9. The molecule has 0 fully saturated rings. The number of aliphatic hydroxyl groups excluding tert-OH is 1. The van der Waals surface area contributed by atoms with Crippen LogP contribution >= 0.6 is 15.6 Å². The van der Waals surface area contributed by atoms with E-state index in [-0.39, 0.29) is 25.7 Å². The van der Waals surface area contributed by atoms with Gasteiger partial charge in [0.2, 0.25) is 0 Å². The minimum absolute atomic E-state index is 0.103. The highest BCUT2D eigenvalue weighted by molar-refractivity contribution is 7.47. The van der Waals surface area contributed by atoms with Crippen LogP contribution in [-0.2, 0) is 65.4 Å². The maximum absolute atomic E-state index is 13.1. The molecular weight excluding hydrogens is 1250 g/mol. The molecule has 0 aromatic carbocycles. The van der Waals surface area contributed by atoms with Gasteiger partial charge in [-0.15, -0.1) is 0 Å². The van der Waals surface area contributed by atoms with E-state index in [0.717, 1.165) is 108 Å². The SMILES string of the molecule is CCCCCCCCCCCCCCCCCCCCCCCC(=O)O[C@H](COC(=O)CCCCCCCCCCCCC(C)CC)COP(=O)(O)OC[C@@H](O)COP(=O)(O)OC[C@@H](COC(=O)CCCCCCCCC(C)C)OC(=O)CCCCCCCCCCC(C)C. The van der Waals surface area contributed by atoms with Gasteiger partial charge in [-0.05, 0) is 43.4 Å². The standard InChI is InChI=1S/C76H148O17P2/c1-8-10-11-12-13-14-15-16-17-18-19-20-21-22-23-24-25-30-36-45-52-59-75(80)92-71(63-86-73(78)57-50-43-35-29-27-26-28-34-42-49-56-69(7)9-2)65-90-94(82,83)88-61-70(77)62-89-95(84,85)91-66-72(64-87-74(79)58-51-44-39-38-41-48-55-68(5)6)93-76(81)60-53-46-37-32-31-33-40-47-54-67(3)4/h67-72,77H,8-66H2,1-7H3,(H,82,83)(H,84,85)/t69?,70-,71-,72-/m1/s1. The van der Waals surface area contributed by atoms with Gasteiger partial charge in [-0.2, -0.15) is 0 Å². The van der Waals surface area contributed by atoms with Crippen molar-refractivity contribution in [1.82, 2.24) is 0 Å². The van der Waals surface area contributed by atoms with Crippen molar-refractivity contribution in [3.8, 4) is 0 Å². The summed E-state index contributed by atoms with van der Waals surface area (Å²) in [6, 6.07) is 0. The van der Waals surface area contributed by atoms with Gasteiger partial charge in [-0.25, -0.2) is 9.13 Å². The Bertz CT molecular complexity index is 1850. The Kier molecular flexibility index (Phi) is 65.2. The number of phosphoric acid groups is 2. The lowest BCUT2D eigenvalue weighted by Gasteiger charge is -2.21. The zero-order valence-corrected chi connectivity index (χ0v) is 63.9. The normalized spacial score (nSPS) is 14.4. The molecule has 19 heteroatoms. The Morgan fingerprint density at radius 2 is 0.537 bits per heavy atom. The number of esters is 4. The Morgan fingerprint density at radius 1 is 0.305 bits per heavy atom. The number of aliphatic hydroxyl groups is 1. The minimum Gasteiger partial charge on any atom is -0.462 e. The summed E-state index contributed by atoms with van der Waals surface area (Å²) in [5.41, 5.74) is 0. The van der Waals surface area contributed by atoms with Crippen LogP contribution in [-0.4, -0.2) is 96.7 Å². The average Bonchev–Trinajstić information content (AvgIpc) is 1.41. The van der Waals surface area contributed by atoms with Crippen LogP contribution in [0.2, 0.25) is 0 Å². The lowest BCUT2D eigenvalue weighted by Crippen LogP contribution is -2.30. The van der Waals surface area contributed by atoms with Gasteiger partial charge in [0.15, 0.2) is 12.2 Å². The van der Waals surface area contributed by atoms with E-state index in [9.17, 15) is 43.2 Å². The quantitative estimate of drug-likeness (QED) is 0.0222. The van der Waals surface area contributed by atoms with Gasteiger partial charge >= 0.3 is 39.5 Å². The summed E-state index contributed by atoms with van der Waals surface area (Å²) in [6.45, 7) is 11.8. The smallest absolute Gasteiger partial charge is 0.462 e. The van der Waals surface area contributed by atoms with Crippen molar-refractivity contribution in [2.75, 3.05) is 39.6 Å². The molecule has 0 saturated heterocycles. The van der Waals surface area contributed by atoms with Gasteiger partial charge in [-0.1, -0.05) is 337 Å². The van der Waals surface area contributed by atoms with Crippen molar-refractivity contribution in [3.05, 3.63) is 0 Å². The summed E-state index contributed by atoms with van der Waals surface area (Å²) >= 11 is 0. The molecule has 0 aliphatic rings. The number of ether oxygens (including phenoxy) is 4. The monoisotopic (exact) mass is 1400 g/mol. The highest BCUT2D eigenvalue weighted by Gasteiger charge is 2.30. The molecule has 0 aliphatic carbocycles. The molecule has 0 spiro atoms. The third-order valence-electron chi connectivity index (χ3n) is 18.0. The van der Waals surface area contributed by atoms with Crippen molar-refractivity contribution >= 4 is 39.5 Å². The van der Waals surface area contributed by atoms with Crippen molar-refractivity contribution in [2.24, 2.45) is 17.8 Å². The first-order valence-electron chi connectivity index (χ1n) is 39.4. The fraction of sp³-hybridized carbons (Fsp3) is 0.947. The predicted octanol–water partition coefficient (Wildman–Crippen LogP) is 22.2. The van der Waals surface area contributed by atoms with Gasteiger partial charge in [0.05, 0.1) is 26.4 Å². The van der Waals surface area contributed by atoms with E-state index in [0.29, 0.717) is 31.6 Å². The number of carbonyl (C=O) groups is 4. The summed E-state index contributed by atoms with van der Waals surface area (Å²) < 4.78 is 68.4. The highest BCUT2D eigenvalue weighted by Crippen LogP contribution is 2.45. The number of phosphoric ester groups is 2. The number of hydrogen-bond donors (Lipinski definition) is 3. The van der Waals surface area contributed by atoms with Crippen LogP contribution in [0.5, 0.6) is 0 Å². The zero-order valence-electron chi connectivity index (χ0n) is 62.1. The van der Waals surface area contributed by atoms with Crippen molar-refractivity contribution in [3.63, 3.8) is 0 Å². The van der Waals surface area contributed by atoms with E-state index in [1.54, 1.807) is 0 Å². The average molecular weight is 1400 g/mol. The van der Waals surface area contributed by atoms with E-state index in [2.05, 4.69) is 48.5 Å². The maximum Gasteiger partial charge on any atom is 0.472 e. The van der Waals surface area contributed by atoms with Crippen molar-refractivity contribution in [1.29, 1.82) is 0 Å². The molecule has 95 heavy (non-hydrogen) atoms. The molecule has 3 unspecified atom stereocenters. The second-order valence-corrected chi connectivity index (χ2v) is 31.5. The number of hydrogen-bond acceptors (Lipinski definition) is 15. The topological polar surface area (TPSA) is 237 Å². The van der Waals surface area contributed by atoms with E-state index in [1.165, 1.54) is 193 Å². The molecule has 0 amide bonds. The minimum atomic E-state index is -4.96. The predicted molar refractivity (Wildman–Crippen MR) is 386 cm³/mol. The summed E-state index contributed by atoms with van der Waals surface area (Å²) in [7, 11) is -9.91. The summed E-state index contributed by atoms with van der Waals surface area (Å²) in [6.07, 6.45) is 53.0. The Balaban J connectivity index is 5.20. The molecule has 564 valence electrons. The summed E-state index contributed by atoms with van der Waals surface area (Å²) in [4.78, 5) is 72.7. The largest absolute Gasteiger partial charge is 0.472 e. The highest BCUT2D eigenvalue weighted by atomic mass is 31.2. The van der Waals surface area contributed by atoms with Crippen LogP contribution in [0, 0.1) is 17.8 Å². The van der Waals surface area contributed by atoms with E-state index in [1.807, 2.05) is 0 Å². The van der Waals surface area contributed by atoms with Gasteiger partial charge < -0.3 is 33.8 Å². The molecule has 6 atom stereocenters. The second kappa shape index (κ2) is 66.6. The molecule has 0 heterocycles. The van der Waals surface area contributed by atoms with Crippen LogP contribution in [0.4, 0.5) is 0 Å². The zero-order chi connectivity index (χ0) is 70.1. The maximum atomic E-state index is 13.1. The van der Waals surface area contributed by atoms with Gasteiger partial charge in [0.25, 0.3) is 0 Å². The Morgan fingerprint density at radius 3 is 0.800 bits per heavy atom. The first-order valence-corrected chi connectivity index (χ1v) is 42.4. The summed E-state index contributed by atoms with van der Waals surface area (Å²) in [5.74, 6) is 0.0836. The molecule has 0 aliphatic heterocycles. The molecule has 3 N–H and O–H groups in total. The van der Waals surface area contributed by atoms with Crippen LogP contribution in [0.15, 0.2) is 0 Å². The first-order chi connectivity index (χ1) is 45.8. The van der Waals surface area contributed by atoms with E-state index in [4.69, 9.17) is 37.0 Å². The van der Waals surface area contributed by atoms with Crippen LogP contribution in [0.3, 0.4) is 0 Å². The molecule has 17 nitrogen and oxygen atoms in total. The van der Waals surface area contributed by atoms with Crippen molar-refractivity contribution in [2.45, 2.75) is 407 Å². The molecule has 0 aromatic rings. The fourth-order valence-corrected chi connectivity index (χ4v) is 13.1. The van der Waals surface area contributed by atoms with Crippen LogP contribution in [0.25, 0.3) is 0 Å². The number of carbonyl (C=O) groups excluding carboxylic acids is 4. The fourth-order valence-electron chi connectivity index (χ4n) is 11.6. The Hall–Kier alpha value is -1.94. The third kappa shape index (κ3) is 69.0. The van der Waals surface area contributed by atoms with Crippen LogP contribution in [0.1, 0.15) is 389 Å². The molecule has 0 bridgehead atoms. The van der Waals surface area contributed by atoms with Gasteiger partial charge in [0, 0.05) is 25.7 Å². The van der Waals surface area contributed by atoms with Crippen molar-refractivity contribution < 1.29 is 80.2 Å². The lowest BCUT2D eigenvalue weighted by molar-refractivity contribution is -0.161. The second-order valence-electron chi connectivity index (χ2n) is 28.6. The van der Waals surface area contributed by atoms with Gasteiger partial charge in [0.1, 0.15) is 19.3 Å². The first kappa shape index (κ1) is 93.1. The molecule has 0 radical (unpaired) electrons.